The summed E-state index contributed by atoms with van der Waals surface area (Å²) in [6, 6.07) is 11.8. The maximum absolute atomic E-state index is 13.1. The SMILES string of the molecule is Cc1cccc(CN2CC[C@]3(CCN(C(=O)c4ccc(C)o4)C3)C2=O)c1. The molecule has 0 N–H and O–H groups in total. The molecule has 2 aliphatic heterocycles. The lowest BCUT2D eigenvalue weighted by molar-refractivity contribution is -0.135. The van der Waals surface area contributed by atoms with Crippen LogP contribution in [0.1, 0.15) is 40.3 Å². The second kappa shape index (κ2) is 6.31. The molecule has 2 aromatic rings. The minimum Gasteiger partial charge on any atom is -0.456 e. The summed E-state index contributed by atoms with van der Waals surface area (Å²) < 4.78 is 5.46. The third-order valence-electron chi connectivity index (χ3n) is 5.65. The van der Waals surface area contributed by atoms with E-state index in [0.717, 1.165) is 30.7 Å². The maximum atomic E-state index is 13.1. The van der Waals surface area contributed by atoms with Crippen LogP contribution >= 0.6 is 0 Å². The van der Waals surface area contributed by atoms with E-state index < -0.39 is 5.41 Å². The van der Waals surface area contributed by atoms with Gasteiger partial charge in [-0.3, -0.25) is 9.59 Å². The number of likely N-dealkylation sites (tertiary alicyclic amines) is 2. The molecule has 2 amide bonds. The fourth-order valence-electron chi connectivity index (χ4n) is 4.20. The van der Waals surface area contributed by atoms with E-state index in [4.69, 9.17) is 4.42 Å². The van der Waals surface area contributed by atoms with Crippen molar-refractivity contribution in [2.24, 2.45) is 5.41 Å². The average molecular weight is 352 g/mol. The van der Waals surface area contributed by atoms with Crippen molar-refractivity contribution in [1.29, 1.82) is 0 Å². The molecular weight excluding hydrogens is 328 g/mol. The molecule has 136 valence electrons. The van der Waals surface area contributed by atoms with Crippen LogP contribution < -0.4 is 0 Å². The second-order valence-electron chi connectivity index (χ2n) is 7.63. The summed E-state index contributed by atoms with van der Waals surface area (Å²) in [7, 11) is 0. The van der Waals surface area contributed by atoms with E-state index in [-0.39, 0.29) is 11.8 Å². The van der Waals surface area contributed by atoms with Gasteiger partial charge >= 0.3 is 0 Å². The van der Waals surface area contributed by atoms with Crippen molar-refractivity contribution in [1.82, 2.24) is 9.80 Å². The Labute approximate surface area is 153 Å². The molecule has 2 fully saturated rings. The number of carbonyl (C=O) groups excluding carboxylic acids is 2. The summed E-state index contributed by atoms with van der Waals surface area (Å²) in [5.74, 6) is 1.16. The van der Waals surface area contributed by atoms with Gasteiger partial charge in [0.2, 0.25) is 5.91 Å². The zero-order valence-corrected chi connectivity index (χ0v) is 15.3. The van der Waals surface area contributed by atoms with E-state index in [1.807, 2.05) is 17.9 Å². The van der Waals surface area contributed by atoms with Gasteiger partial charge < -0.3 is 14.2 Å². The highest BCUT2D eigenvalue weighted by Gasteiger charge is 2.51. The normalized spacial score (nSPS) is 22.6. The monoisotopic (exact) mass is 352 g/mol. The number of rotatable bonds is 3. The zero-order chi connectivity index (χ0) is 18.3. The fourth-order valence-corrected chi connectivity index (χ4v) is 4.20. The molecule has 1 aromatic carbocycles. The Bertz CT molecular complexity index is 856. The lowest BCUT2D eigenvalue weighted by Gasteiger charge is -2.23. The van der Waals surface area contributed by atoms with Gasteiger partial charge in [0.25, 0.3) is 5.91 Å². The van der Waals surface area contributed by atoms with Crippen LogP contribution in [-0.2, 0) is 11.3 Å². The molecule has 1 aromatic heterocycles. The van der Waals surface area contributed by atoms with E-state index in [9.17, 15) is 9.59 Å². The first-order chi connectivity index (χ1) is 12.5. The Morgan fingerprint density at radius 2 is 1.96 bits per heavy atom. The molecule has 2 saturated heterocycles. The number of nitrogens with zero attached hydrogens (tertiary/aromatic N) is 2. The second-order valence-corrected chi connectivity index (χ2v) is 7.63. The van der Waals surface area contributed by atoms with E-state index >= 15 is 0 Å². The smallest absolute Gasteiger partial charge is 0.289 e. The van der Waals surface area contributed by atoms with Crippen LogP contribution in [-0.4, -0.2) is 41.2 Å². The number of benzene rings is 1. The molecule has 0 bridgehead atoms. The van der Waals surface area contributed by atoms with Gasteiger partial charge in [0.05, 0.1) is 5.41 Å². The molecule has 0 unspecified atom stereocenters. The van der Waals surface area contributed by atoms with Crippen molar-refractivity contribution in [3.8, 4) is 0 Å². The largest absolute Gasteiger partial charge is 0.456 e. The summed E-state index contributed by atoms with van der Waals surface area (Å²) in [5.41, 5.74) is 1.95. The number of hydrogen-bond donors (Lipinski definition) is 0. The zero-order valence-electron chi connectivity index (χ0n) is 15.3. The lowest BCUT2D eigenvalue weighted by atomic mass is 9.85. The van der Waals surface area contributed by atoms with Crippen molar-refractivity contribution in [2.75, 3.05) is 19.6 Å². The summed E-state index contributed by atoms with van der Waals surface area (Å²) in [5, 5.41) is 0. The van der Waals surface area contributed by atoms with Gasteiger partial charge in [0.15, 0.2) is 5.76 Å². The van der Waals surface area contributed by atoms with Crippen LogP contribution in [0.4, 0.5) is 0 Å². The number of aryl methyl sites for hydroxylation is 2. The Morgan fingerprint density at radius 3 is 2.69 bits per heavy atom. The highest BCUT2D eigenvalue weighted by molar-refractivity contribution is 5.93. The predicted octanol–water partition coefficient (Wildman–Crippen LogP) is 3.16. The van der Waals surface area contributed by atoms with E-state index in [1.54, 1.807) is 17.0 Å². The molecule has 0 aliphatic carbocycles. The molecule has 3 heterocycles. The number of amides is 2. The Kier molecular flexibility index (Phi) is 4.10. The maximum Gasteiger partial charge on any atom is 0.289 e. The Morgan fingerprint density at radius 1 is 1.15 bits per heavy atom. The van der Waals surface area contributed by atoms with Gasteiger partial charge in [-0.2, -0.15) is 0 Å². The van der Waals surface area contributed by atoms with E-state index in [1.165, 1.54) is 5.56 Å². The molecule has 0 saturated carbocycles. The Balaban J connectivity index is 1.45. The number of hydrogen-bond acceptors (Lipinski definition) is 3. The fraction of sp³-hybridized carbons (Fsp3) is 0.429. The molecule has 1 spiro atoms. The standard InChI is InChI=1S/C21H24N2O3/c1-15-4-3-5-17(12-15)13-22-10-8-21(20(22)25)9-11-23(14-21)19(24)18-7-6-16(2)26-18/h3-7,12H,8-11,13-14H2,1-2H3/t21-/m1/s1. The van der Waals surface area contributed by atoms with E-state index in [2.05, 4.69) is 25.1 Å². The quantitative estimate of drug-likeness (QED) is 0.853. The van der Waals surface area contributed by atoms with Crippen LogP contribution in [0.3, 0.4) is 0 Å². The molecule has 1 atom stereocenters. The number of carbonyl (C=O) groups is 2. The van der Waals surface area contributed by atoms with Gasteiger partial charge in [-0.1, -0.05) is 29.8 Å². The lowest BCUT2D eigenvalue weighted by Crippen LogP contribution is -2.38. The van der Waals surface area contributed by atoms with Crippen LogP contribution in [0.2, 0.25) is 0 Å². The van der Waals surface area contributed by atoms with Crippen LogP contribution in [0.5, 0.6) is 0 Å². The molecule has 2 aliphatic rings. The van der Waals surface area contributed by atoms with Gasteiger partial charge in [-0.15, -0.1) is 0 Å². The van der Waals surface area contributed by atoms with Crippen molar-refractivity contribution in [3.63, 3.8) is 0 Å². The molecule has 5 nitrogen and oxygen atoms in total. The molecular formula is C21H24N2O3. The highest BCUT2D eigenvalue weighted by atomic mass is 16.3. The highest BCUT2D eigenvalue weighted by Crippen LogP contribution is 2.41. The first-order valence-electron chi connectivity index (χ1n) is 9.17. The van der Waals surface area contributed by atoms with Crippen molar-refractivity contribution in [2.45, 2.75) is 33.2 Å². The average Bonchev–Trinajstić information content (AvgIpc) is 3.31. The van der Waals surface area contributed by atoms with Gasteiger partial charge in [0.1, 0.15) is 5.76 Å². The van der Waals surface area contributed by atoms with Crippen LogP contribution in [0, 0.1) is 19.3 Å². The van der Waals surface area contributed by atoms with E-state index in [0.29, 0.717) is 25.4 Å². The summed E-state index contributed by atoms with van der Waals surface area (Å²) in [6.45, 7) is 6.40. The minimum absolute atomic E-state index is 0.111. The summed E-state index contributed by atoms with van der Waals surface area (Å²) in [6.07, 6.45) is 1.56. The van der Waals surface area contributed by atoms with Crippen molar-refractivity contribution in [3.05, 3.63) is 59.0 Å². The molecule has 26 heavy (non-hydrogen) atoms. The van der Waals surface area contributed by atoms with Crippen LogP contribution in [0.25, 0.3) is 0 Å². The van der Waals surface area contributed by atoms with Gasteiger partial charge in [-0.05, 0) is 44.4 Å². The van der Waals surface area contributed by atoms with Gasteiger partial charge in [-0.25, -0.2) is 0 Å². The third-order valence-corrected chi connectivity index (χ3v) is 5.65. The van der Waals surface area contributed by atoms with Crippen molar-refractivity contribution >= 4 is 11.8 Å². The molecule has 4 rings (SSSR count). The number of furan rings is 1. The molecule has 5 heteroatoms. The minimum atomic E-state index is -0.416. The van der Waals surface area contributed by atoms with Crippen molar-refractivity contribution < 1.29 is 14.0 Å². The Hall–Kier alpha value is -2.56. The molecule has 0 radical (unpaired) electrons. The first kappa shape index (κ1) is 16.9. The first-order valence-corrected chi connectivity index (χ1v) is 9.17. The topological polar surface area (TPSA) is 53.8 Å². The summed E-state index contributed by atoms with van der Waals surface area (Å²) in [4.78, 5) is 29.4. The predicted molar refractivity (Wildman–Crippen MR) is 97.6 cm³/mol. The summed E-state index contributed by atoms with van der Waals surface area (Å²) >= 11 is 0. The van der Waals surface area contributed by atoms with Gasteiger partial charge in [0, 0.05) is 26.2 Å². The van der Waals surface area contributed by atoms with Crippen LogP contribution in [0.15, 0.2) is 40.8 Å². The third kappa shape index (κ3) is 2.91.